The summed E-state index contributed by atoms with van der Waals surface area (Å²) in [5, 5.41) is 0. The van der Waals surface area contributed by atoms with Crippen molar-refractivity contribution in [2.75, 3.05) is 39.4 Å². The highest BCUT2D eigenvalue weighted by atomic mass is 32.2. The molecule has 166 valence electrons. The summed E-state index contributed by atoms with van der Waals surface area (Å²) >= 11 is 0. The molecule has 2 aromatic rings. The van der Waals surface area contributed by atoms with Crippen LogP contribution in [-0.4, -0.2) is 69.0 Å². The fourth-order valence-corrected chi connectivity index (χ4v) is 5.50. The number of aryl methyl sites for hydroxylation is 1. The first-order valence-corrected chi connectivity index (χ1v) is 12.0. The molecule has 2 aromatic carbocycles. The Bertz CT molecular complexity index is 1040. The normalized spacial score (nSPS) is 23.0. The number of carbonyl (C=O) groups excluding carboxylic acids is 1. The number of hydrogen-bond donors (Lipinski definition) is 0. The van der Waals surface area contributed by atoms with Gasteiger partial charge in [0.05, 0.1) is 30.8 Å². The van der Waals surface area contributed by atoms with Gasteiger partial charge >= 0.3 is 0 Å². The van der Waals surface area contributed by atoms with E-state index in [0.29, 0.717) is 45.0 Å². The van der Waals surface area contributed by atoms with Crippen LogP contribution in [0, 0.1) is 6.92 Å². The molecular weight excluding hydrogens is 416 g/mol. The van der Waals surface area contributed by atoms with Crippen molar-refractivity contribution in [1.29, 1.82) is 0 Å². The number of sulfonamides is 1. The lowest BCUT2D eigenvalue weighted by Gasteiger charge is -2.37. The van der Waals surface area contributed by atoms with Crippen LogP contribution in [-0.2, 0) is 19.5 Å². The molecule has 0 saturated carbocycles. The summed E-state index contributed by atoms with van der Waals surface area (Å²) in [4.78, 5) is 15.3. The first-order valence-electron chi connectivity index (χ1n) is 10.5. The van der Waals surface area contributed by atoms with Gasteiger partial charge in [-0.3, -0.25) is 4.79 Å². The molecule has 2 aliphatic rings. The summed E-state index contributed by atoms with van der Waals surface area (Å²) in [6.45, 7) is 6.05. The van der Waals surface area contributed by atoms with Gasteiger partial charge < -0.3 is 14.4 Å². The number of hydrogen-bond acceptors (Lipinski definition) is 5. The predicted octanol–water partition coefficient (Wildman–Crippen LogP) is 2.62. The minimum Gasteiger partial charge on any atom is -0.379 e. The Morgan fingerprint density at radius 1 is 1.03 bits per heavy atom. The standard InChI is InChI=1S/C23H28N2O5S/c1-17-8-9-20(31(27,28)25-10-12-29-13-11-25)14-21(17)23(26)24-15-18(2)30-22(16-24)19-6-4-3-5-7-19/h3-9,14,18,22H,10-13,15-16H2,1-2H3. The zero-order valence-electron chi connectivity index (χ0n) is 17.9. The minimum absolute atomic E-state index is 0.122. The Balaban J connectivity index is 1.60. The maximum Gasteiger partial charge on any atom is 0.254 e. The summed E-state index contributed by atoms with van der Waals surface area (Å²) < 4.78 is 38.9. The maximum atomic E-state index is 13.4. The quantitative estimate of drug-likeness (QED) is 0.725. The second-order valence-corrected chi connectivity index (χ2v) is 9.99. The van der Waals surface area contributed by atoms with E-state index in [0.717, 1.165) is 11.1 Å². The van der Waals surface area contributed by atoms with Crippen molar-refractivity contribution in [2.45, 2.75) is 31.0 Å². The van der Waals surface area contributed by atoms with Crippen molar-refractivity contribution < 1.29 is 22.7 Å². The zero-order chi connectivity index (χ0) is 22.0. The van der Waals surface area contributed by atoms with Gasteiger partial charge in [0.1, 0.15) is 6.10 Å². The summed E-state index contributed by atoms with van der Waals surface area (Å²) in [7, 11) is -3.67. The maximum absolute atomic E-state index is 13.4. The second-order valence-electron chi connectivity index (χ2n) is 8.05. The highest BCUT2D eigenvalue weighted by Gasteiger charge is 2.32. The van der Waals surface area contributed by atoms with Gasteiger partial charge in [0, 0.05) is 25.2 Å². The molecule has 2 atom stereocenters. The van der Waals surface area contributed by atoms with E-state index < -0.39 is 10.0 Å². The lowest BCUT2D eigenvalue weighted by molar-refractivity contribution is -0.0692. The van der Waals surface area contributed by atoms with Gasteiger partial charge in [-0.05, 0) is 37.1 Å². The lowest BCUT2D eigenvalue weighted by atomic mass is 10.0. The van der Waals surface area contributed by atoms with Crippen molar-refractivity contribution in [3.8, 4) is 0 Å². The number of morpholine rings is 2. The first-order chi connectivity index (χ1) is 14.9. The van der Waals surface area contributed by atoms with E-state index in [4.69, 9.17) is 9.47 Å². The number of ether oxygens (including phenoxy) is 2. The molecule has 2 saturated heterocycles. The van der Waals surface area contributed by atoms with Gasteiger partial charge in [0.25, 0.3) is 5.91 Å². The van der Waals surface area contributed by atoms with Crippen molar-refractivity contribution in [3.05, 3.63) is 65.2 Å². The van der Waals surface area contributed by atoms with Crippen LogP contribution in [0.15, 0.2) is 53.4 Å². The molecular formula is C23H28N2O5S. The molecule has 0 aromatic heterocycles. The molecule has 31 heavy (non-hydrogen) atoms. The van der Waals surface area contributed by atoms with Crippen molar-refractivity contribution >= 4 is 15.9 Å². The molecule has 8 heteroatoms. The van der Waals surface area contributed by atoms with Crippen LogP contribution in [0.4, 0.5) is 0 Å². The molecule has 2 unspecified atom stereocenters. The summed E-state index contributed by atoms with van der Waals surface area (Å²) in [5.74, 6) is -0.174. The fraction of sp³-hybridized carbons (Fsp3) is 0.435. The highest BCUT2D eigenvalue weighted by molar-refractivity contribution is 7.89. The average Bonchev–Trinajstić information content (AvgIpc) is 2.79. The second kappa shape index (κ2) is 9.08. The number of benzene rings is 2. The first kappa shape index (κ1) is 22.0. The SMILES string of the molecule is Cc1ccc(S(=O)(=O)N2CCOCC2)cc1C(=O)N1CC(C)OC(c2ccccc2)C1. The van der Waals surface area contributed by atoms with Crippen LogP contribution in [0.25, 0.3) is 0 Å². The topological polar surface area (TPSA) is 76.2 Å². The molecule has 0 N–H and O–H groups in total. The Morgan fingerprint density at radius 3 is 2.45 bits per heavy atom. The van der Waals surface area contributed by atoms with Crippen LogP contribution in [0.1, 0.15) is 34.5 Å². The van der Waals surface area contributed by atoms with Gasteiger partial charge in [-0.2, -0.15) is 4.31 Å². The minimum atomic E-state index is -3.67. The number of amides is 1. The fourth-order valence-electron chi connectivity index (χ4n) is 4.07. The molecule has 2 fully saturated rings. The molecule has 4 rings (SSSR count). The van der Waals surface area contributed by atoms with Crippen LogP contribution in [0.5, 0.6) is 0 Å². The largest absolute Gasteiger partial charge is 0.379 e. The zero-order valence-corrected chi connectivity index (χ0v) is 18.7. The Kier molecular flexibility index (Phi) is 6.43. The van der Waals surface area contributed by atoms with Crippen LogP contribution >= 0.6 is 0 Å². The lowest BCUT2D eigenvalue weighted by Crippen LogP contribution is -2.46. The van der Waals surface area contributed by atoms with Crippen LogP contribution in [0.3, 0.4) is 0 Å². The molecule has 0 spiro atoms. The van der Waals surface area contributed by atoms with Crippen LogP contribution < -0.4 is 0 Å². The third kappa shape index (κ3) is 4.67. The molecule has 7 nitrogen and oxygen atoms in total. The van der Waals surface area contributed by atoms with E-state index in [1.807, 2.05) is 44.2 Å². The van der Waals surface area contributed by atoms with E-state index in [1.165, 1.54) is 10.4 Å². The number of nitrogens with zero attached hydrogens (tertiary/aromatic N) is 2. The Morgan fingerprint density at radius 2 is 1.74 bits per heavy atom. The number of rotatable bonds is 4. The molecule has 0 bridgehead atoms. The summed E-state index contributed by atoms with van der Waals surface area (Å²) in [5.41, 5.74) is 2.18. The van der Waals surface area contributed by atoms with Gasteiger partial charge in [0.2, 0.25) is 10.0 Å². The molecule has 2 heterocycles. The molecule has 1 amide bonds. The number of carbonyl (C=O) groups is 1. The third-order valence-electron chi connectivity index (χ3n) is 5.77. The van der Waals surface area contributed by atoms with Crippen molar-refractivity contribution in [3.63, 3.8) is 0 Å². The smallest absolute Gasteiger partial charge is 0.254 e. The summed E-state index contributed by atoms with van der Waals surface area (Å²) in [6.07, 6.45) is -0.335. The average molecular weight is 445 g/mol. The predicted molar refractivity (Wildman–Crippen MR) is 116 cm³/mol. The van der Waals surface area contributed by atoms with Gasteiger partial charge in [0.15, 0.2) is 0 Å². The summed E-state index contributed by atoms with van der Waals surface area (Å²) in [6, 6.07) is 14.6. The van der Waals surface area contributed by atoms with Crippen molar-refractivity contribution in [2.24, 2.45) is 0 Å². The van der Waals surface area contributed by atoms with Gasteiger partial charge in [-0.25, -0.2) is 8.42 Å². The Labute approximate surface area is 183 Å². The van der Waals surface area contributed by atoms with E-state index in [9.17, 15) is 13.2 Å². The Hall–Kier alpha value is -2.26. The van der Waals surface area contributed by atoms with Crippen molar-refractivity contribution in [1.82, 2.24) is 9.21 Å². The van der Waals surface area contributed by atoms with Gasteiger partial charge in [-0.1, -0.05) is 36.4 Å². The molecule has 0 aliphatic carbocycles. The highest BCUT2D eigenvalue weighted by Crippen LogP contribution is 2.28. The van der Waals surface area contributed by atoms with E-state index in [1.54, 1.807) is 17.0 Å². The molecule has 0 radical (unpaired) electrons. The monoisotopic (exact) mass is 444 g/mol. The van der Waals surface area contributed by atoms with E-state index >= 15 is 0 Å². The van der Waals surface area contributed by atoms with Crippen LogP contribution in [0.2, 0.25) is 0 Å². The third-order valence-corrected chi connectivity index (χ3v) is 7.66. The molecule has 2 aliphatic heterocycles. The van der Waals surface area contributed by atoms with Gasteiger partial charge in [-0.15, -0.1) is 0 Å². The van der Waals surface area contributed by atoms with E-state index in [2.05, 4.69) is 0 Å². The van der Waals surface area contributed by atoms with E-state index in [-0.39, 0.29) is 23.0 Å².